The molecule has 0 N–H and O–H groups in total. The van der Waals surface area contributed by atoms with Crippen LogP contribution in [0.15, 0.2) is 30.6 Å². The van der Waals surface area contributed by atoms with Gasteiger partial charge in [-0.3, -0.25) is 0 Å². The Labute approximate surface area is 104 Å². The fourth-order valence-corrected chi connectivity index (χ4v) is 1.58. The van der Waals surface area contributed by atoms with E-state index >= 15 is 0 Å². The van der Waals surface area contributed by atoms with Gasteiger partial charge in [-0.25, -0.2) is 4.98 Å². The average molecular weight is 233 g/mol. The predicted molar refractivity (Wildman–Crippen MR) is 61.9 cm³/mol. The Morgan fingerprint density at radius 2 is 1.72 bits per heavy atom. The molecule has 84 valence electrons. The Morgan fingerprint density at radius 3 is 2.28 bits per heavy atom. The number of nitriles is 3. The predicted octanol–water partition coefficient (Wildman–Crippen LogP) is 1.55. The lowest BCUT2D eigenvalue weighted by Crippen LogP contribution is -2.01. The van der Waals surface area contributed by atoms with E-state index in [1.807, 2.05) is 30.3 Å². The lowest BCUT2D eigenvalue weighted by molar-refractivity contribution is 0.785. The molecule has 0 fully saturated rings. The molecule has 2 rings (SSSR count). The SMILES string of the molecule is N#Cc1ccc(Cn2cnc(C#N)c2C#N)cc1. The van der Waals surface area contributed by atoms with E-state index in [0.717, 1.165) is 5.56 Å². The van der Waals surface area contributed by atoms with Gasteiger partial charge in [0, 0.05) is 6.54 Å². The minimum Gasteiger partial charge on any atom is -0.317 e. The molecule has 2 aromatic rings. The maximum Gasteiger partial charge on any atom is 0.176 e. The standard InChI is InChI=1S/C13H7N5/c14-5-10-1-3-11(4-2-10)8-18-9-17-12(6-15)13(18)7-16/h1-4,9H,8H2. The second kappa shape index (κ2) is 4.82. The Hall–Kier alpha value is -3.10. The molecule has 0 bridgehead atoms. The van der Waals surface area contributed by atoms with Crippen LogP contribution in [0.4, 0.5) is 0 Å². The van der Waals surface area contributed by atoms with Gasteiger partial charge >= 0.3 is 0 Å². The highest BCUT2D eigenvalue weighted by Crippen LogP contribution is 2.10. The summed E-state index contributed by atoms with van der Waals surface area (Å²) in [6, 6.07) is 12.9. The van der Waals surface area contributed by atoms with Crippen molar-refractivity contribution < 1.29 is 0 Å². The normalized spacial score (nSPS) is 9.17. The van der Waals surface area contributed by atoms with Crippen LogP contribution in [0.5, 0.6) is 0 Å². The molecule has 0 amide bonds. The first-order valence-electron chi connectivity index (χ1n) is 5.13. The van der Waals surface area contributed by atoms with E-state index < -0.39 is 0 Å². The topological polar surface area (TPSA) is 89.2 Å². The molecular formula is C13H7N5. The number of imidazole rings is 1. The average Bonchev–Trinajstić information content (AvgIpc) is 2.81. The first kappa shape index (κ1) is 11.4. The van der Waals surface area contributed by atoms with Crippen molar-refractivity contribution in [2.45, 2.75) is 6.54 Å². The molecule has 0 radical (unpaired) electrons. The molecule has 0 aliphatic rings. The van der Waals surface area contributed by atoms with Gasteiger partial charge < -0.3 is 4.57 Å². The van der Waals surface area contributed by atoms with Crippen LogP contribution in [0.1, 0.15) is 22.5 Å². The Balaban J connectivity index is 2.30. The number of rotatable bonds is 2. The molecule has 1 aromatic carbocycles. The number of hydrogen-bond donors (Lipinski definition) is 0. The highest BCUT2D eigenvalue weighted by Gasteiger charge is 2.09. The summed E-state index contributed by atoms with van der Waals surface area (Å²) in [5.41, 5.74) is 1.91. The van der Waals surface area contributed by atoms with Gasteiger partial charge in [-0.1, -0.05) is 12.1 Å². The zero-order valence-corrected chi connectivity index (χ0v) is 9.33. The lowest BCUT2D eigenvalue weighted by atomic mass is 10.1. The molecule has 1 aromatic heterocycles. The van der Waals surface area contributed by atoms with Crippen LogP contribution in [-0.4, -0.2) is 9.55 Å². The third kappa shape index (κ3) is 2.04. The van der Waals surface area contributed by atoms with Gasteiger partial charge in [0.15, 0.2) is 11.4 Å². The van der Waals surface area contributed by atoms with Gasteiger partial charge in [-0.2, -0.15) is 15.8 Å². The molecule has 0 unspecified atom stereocenters. The minimum absolute atomic E-state index is 0.131. The van der Waals surface area contributed by atoms with Crippen LogP contribution in [0, 0.1) is 34.0 Å². The molecule has 1 heterocycles. The van der Waals surface area contributed by atoms with Gasteiger partial charge in [0.1, 0.15) is 12.1 Å². The van der Waals surface area contributed by atoms with E-state index in [2.05, 4.69) is 4.98 Å². The monoisotopic (exact) mass is 233 g/mol. The molecular weight excluding hydrogens is 226 g/mol. The van der Waals surface area contributed by atoms with Crippen molar-refractivity contribution in [1.29, 1.82) is 15.8 Å². The molecule has 0 aliphatic carbocycles. The molecule has 0 atom stereocenters. The van der Waals surface area contributed by atoms with E-state index in [4.69, 9.17) is 15.8 Å². The molecule has 0 saturated carbocycles. The zero-order chi connectivity index (χ0) is 13.0. The molecule has 0 aliphatic heterocycles. The van der Waals surface area contributed by atoms with E-state index in [9.17, 15) is 0 Å². The number of aromatic nitrogens is 2. The van der Waals surface area contributed by atoms with Crippen LogP contribution >= 0.6 is 0 Å². The van der Waals surface area contributed by atoms with E-state index in [0.29, 0.717) is 12.1 Å². The fraction of sp³-hybridized carbons (Fsp3) is 0.0769. The van der Waals surface area contributed by atoms with Crippen molar-refractivity contribution in [2.24, 2.45) is 0 Å². The van der Waals surface area contributed by atoms with Gasteiger partial charge in [0.2, 0.25) is 0 Å². The first-order chi connectivity index (χ1) is 8.78. The maximum atomic E-state index is 8.97. The highest BCUT2D eigenvalue weighted by atomic mass is 15.1. The van der Waals surface area contributed by atoms with Crippen LogP contribution < -0.4 is 0 Å². The smallest absolute Gasteiger partial charge is 0.176 e. The summed E-state index contributed by atoms with van der Waals surface area (Å²) >= 11 is 0. The number of nitrogens with zero attached hydrogens (tertiary/aromatic N) is 5. The summed E-state index contributed by atoms with van der Waals surface area (Å²) in [5, 5.41) is 26.5. The van der Waals surface area contributed by atoms with Gasteiger partial charge in [0.25, 0.3) is 0 Å². The van der Waals surface area contributed by atoms with Crippen LogP contribution in [0.25, 0.3) is 0 Å². The second-order valence-corrected chi connectivity index (χ2v) is 3.60. The van der Waals surface area contributed by atoms with E-state index in [1.165, 1.54) is 6.33 Å². The number of hydrogen-bond acceptors (Lipinski definition) is 4. The molecule has 5 heteroatoms. The first-order valence-corrected chi connectivity index (χ1v) is 5.13. The van der Waals surface area contributed by atoms with Crippen LogP contribution in [-0.2, 0) is 6.54 Å². The third-order valence-corrected chi connectivity index (χ3v) is 2.49. The molecule has 18 heavy (non-hydrogen) atoms. The molecule has 0 saturated heterocycles. The summed E-state index contributed by atoms with van der Waals surface area (Å²) in [4.78, 5) is 3.86. The zero-order valence-electron chi connectivity index (χ0n) is 9.33. The van der Waals surface area contributed by atoms with Gasteiger partial charge in [-0.15, -0.1) is 0 Å². The largest absolute Gasteiger partial charge is 0.317 e. The molecule has 5 nitrogen and oxygen atoms in total. The second-order valence-electron chi connectivity index (χ2n) is 3.60. The Morgan fingerprint density at radius 1 is 1.00 bits per heavy atom. The lowest BCUT2D eigenvalue weighted by Gasteiger charge is -2.03. The fourth-order valence-electron chi connectivity index (χ4n) is 1.58. The van der Waals surface area contributed by atoms with Crippen molar-refractivity contribution in [3.05, 3.63) is 53.1 Å². The molecule has 0 spiro atoms. The summed E-state index contributed by atoms with van der Waals surface area (Å²) in [6.07, 6.45) is 1.47. The third-order valence-electron chi connectivity index (χ3n) is 2.49. The summed E-state index contributed by atoms with van der Waals surface area (Å²) in [7, 11) is 0. The Bertz CT molecular complexity index is 689. The van der Waals surface area contributed by atoms with Crippen LogP contribution in [0.2, 0.25) is 0 Å². The van der Waals surface area contributed by atoms with Crippen LogP contribution in [0.3, 0.4) is 0 Å². The van der Waals surface area contributed by atoms with E-state index in [1.54, 1.807) is 16.7 Å². The van der Waals surface area contributed by atoms with Crippen molar-refractivity contribution in [3.63, 3.8) is 0 Å². The summed E-state index contributed by atoms with van der Waals surface area (Å²) < 4.78 is 1.61. The number of benzene rings is 1. The summed E-state index contributed by atoms with van der Waals surface area (Å²) in [5.74, 6) is 0. The highest BCUT2D eigenvalue weighted by molar-refractivity contribution is 5.37. The van der Waals surface area contributed by atoms with Crippen molar-refractivity contribution >= 4 is 0 Å². The van der Waals surface area contributed by atoms with Crippen molar-refractivity contribution in [2.75, 3.05) is 0 Å². The Kier molecular flexibility index (Phi) is 3.05. The summed E-state index contributed by atoms with van der Waals surface area (Å²) in [6.45, 7) is 0.448. The quantitative estimate of drug-likeness (QED) is 0.786. The van der Waals surface area contributed by atoms with E-state index in [-0.39, 0.29) is 11.4 Å². The minimum atomic E-state index is 0.131. The van der Waals surface area contributed by atoms with Gasteiger partial charge in [0.05, 0.1) is 18.0 Å². The maximum absolute atomic E-state index is 8.97. The van der Waals surface area contributed by atoms with Crippen molar-refractivity contribution in [1.82, 2.24) is 9.55 Å². The van der Waals surface area contributed by atoms with Gasteiger partial charge in [-0.05, 0) is 17.7 Å². The van der Waals surface area contributed by atoms with Crippen molar-refractivity contribution in [3.8, 4) is 18.2 Å².